The Labute approximate surface area is 106 Å². The van der Waals surface area contributed by atoms with Crippen LogP contribution in [0, 0.1) is 0 Å². The van der Waals surface area contributed by atoms with Gasteiger partial charge in [-0.25, -0.2) is 4.79 Å². The summed E-state index contributed by atoms with van der Waals surface area (Å²) >= 11 is 1.34. The zero-order chi connectivity index (χ0) is 13.3. The van der Waals surface area contributed by atoms with Crippen molar-refractivity contribution >= 4 is 28.8 Å². The Bertz CT molecular complexity index is 578. The second kappa shape index (κ2) is 4.53. The van der Waals surface area contributed by atoms with Crippen LogP contribution in [0.3, 0.4) is 0 Å². The summed E-state index contributed by atoms with van der Waals surface area (Å²) in [7, 11) is 0. The van der Waals surface area contributed by atoms with Crippen molar-refractivity contribution in [3.63, 3.8) is 0 Å². The molecule has 0 saturated heterocycles. The van der Waals surface area contributed by atoms with Crippen LogP contribution in [0.5, 0.6) is 10.9 Å². The van der Waals surface area contributed by atoms with E-state index >= 15 is 0 Å². The average Bonchev–Trinajstić information content (AvgIpc) is 2.85. The predicted octanol–water partition coefficient (Wildman–Crippen LogP) is 3.11. The lowest BCUT2D eigenvalue weighted by Gasteiger charge is -1.98. The fourth-order valence-corrected chi connectivity index (χ4v) is 2.17. The summed E-state index contributed by atoms with van der Waals surface area (Å²) in [5.41, 5.74) is 0. The molecule has 2 aromatic heterocycles. The van der Waals surface area contributed by atoms with E-state index in [2.05, 4.69) is 9.36 Å². The molecule has 18 heavy (non-hydrogen) atoms. The molecule has 0 aliphatic heterocycles. The van der Waals surface area contributed by atoms with Gasteiger partial charge in [0.1, 0.15) is 10.6 Å². The van der Waals surface area contributed by atoms with Crippen LogP contribution in [-0.4, -0.2) is 20.4 Å². The van der Waals surface area contributed by atoms with Crippen molar-refractivity contribution in [1.82, 2.24) is 9.36 Å². The number of thiophene rings is 1. The zero-order valence-electron chi connectivity index (χ0n) is 8.26. The average molecular weight is 296 g/mol. The molecule has 0 aromatic carbocycles. The topological polar surface area (TPSA) is 72.3 Å². The van der Waals surface area contributed by atoms with Crippen LogP contribution >= 0.6 is 22.9 Å². The molecule has 0 radical (unpaired) electrons. The zero-order valence-corrected chi connectivity index (χ0v) is 9.90. The van der Waals surface area contributed by atoms with Crippen molar-refractivity contribution in [1.29, 1.82) is 0 Å². The Kier molecular flexibility index (Phi) is 3.22. The number of aromatic nitrogens is 2. The molecule has 0 amide bonds. The molecule has 0 bridgehead atoms. The van der Waals surface area contributed by atoms with Gasteiger partial charge in [-0.3, -0.25) is 0 Å². The van der Waals surface area contributed by atoms with Crippen molar-refractivity contribution in [2.24, 2.45) is 0 Å². The number of carboxylic acid groups (broad SMARTS) is 1. The molecule has 2 aromatic rings. The van der Waals surface area contributed by atoms with Crippen molar-refractivity contribution in [2.75, 3.05) is 0 Å². The number of alkyl halides is 3. The minimum atomic E-state index is -4.63. The Balaban J connectivity index is 2.14. The number of aromatic carboxylic acids is 1. The van der Waals surface area contributed by atoms with Crippen LogP contribution in [0.25, 0.3) is 0 Å². The van der Waals surface area contributed by atoms with E-state index in [0.717, 1.165) is 11.3 Å². The van der Waals surface area contributed by atoms with Crippen molar-refractivity contribution < 1.29 is 27.8 Å². The Morgan fingerprint density at radius 1 is 1.44 bits per heavy atom. The number of nitrogens with zero attached hydrogens (tertiary/aromatic N) is 2. The summed E-state index contributed by atoms with van der Waals surface area (Å²) in [5.74, 6) is -2.30. The lowest BCUT2D eigenvalue weighted by atomic mass is 10.4. The largest absolute Gasteiger partial charge is 0.477 e. The van der Waals surface area contributed by atoms with Crippen LogP contribution in [0.4, 0.5) is 13.2 Å². The third-order valence-corrected chi connectivity index (χ3v) is 3.14. The molecule has 96 valence electrons. The number of carbonyl (C=O) groups is 1. The predicted molar refractivity (Wildman–Crippen MR) is 56.3 cm³/mol. The van der Waals surface area contributed by atoms with Gasteiger partial charge in [0.05, 0.1) is 0 Å². The first-order valence-corrected chi connectivity index (χ1v) is 5.92. The lowest BCUT2D eigenvalue weighted by molar-refractivity contribution is -0.144. The quantitative estimate of drug-likeness (QED) is 0.942. The Morgan fingerprint density at radius 2 is 2.17 bits per heavy atom. The van der Waals surface area contributed by atoms with E-state index in [1.54, 1.807) is 0 Å². The first-order valence-electron chi connectivity index (χ1n) is 4.27. The molecule has 0 spiro atoms. The van der Waals surface area contributed by atoms with Gasteiger partial charge in [-0.05, 0) is 0 Å². The Hall–Kier alpha value is -1.68. The second-order valence-electron chi connectivity index (χ2n) is 2.94. The summed E-state index contributed by atoms with van der Waals surface area (Å²) in [6.45, 7) is 0. The highest BCUT2D eigenvalue weighted by molar-refractivity contribution is 7.12. The molecule has 0 saturated carbocycles. The van der Waals surface area contributed by atoms with Crippen LogP contribution in [0.2, 0.25) is 0 Å². The first-order chi connectivity index (χ1) is 8.36. The van der Waals surface area contributed by atoms with Crippen LogP contribution in [0.1, 0.15) is 15.5 Å². The van der Waals surface area contributed by atoms with E-state index in [4.69, 9.17) is 9.84 Å². The normalized spacial score (nSPS) is 11.5. The van der Waals surface area contributed by atoms with Crippen molar-refractivity contribution in [3.05, 3.63) is 22.1 Å². The van der Waals surface area contributed by atoms with Crippen molar-refractivity contribution in [3.8, 4) is 10.9 Å². The maximum absolute atomic E-state index is 12.2. The maximum Gasteiger partial charge on any atom is 0.452 e. The third kappa shape index (κ3) is 2.76. The number of halogens is 3. The van der Waals surface area contributed by atoms with Crippen LogP contribution < -0.4 is 4.74 Å². The molecule has 1 N–H and O–H groups in total. The van der Waals surface area contributed by atoms with E-state index in [1.165, 1.54) is 11.4 Å². The van der Waals surface area contributed by atoms with E-state index in [1.807, 2.05) is 0 Å². The summed E-state index contributed by atoms with van der Waals surface area (Å²) in [6.07, 6.45) is -4.63. The number of carboxylic acids is 1. The van der Waals surface area contributed by atoms with E-state index in [0.29, 0.717) is 11.5 Å². The number of rotatable bonds is 3. The molecule has 10 heteroatoms. The minimum absolute atomic E-state index is 0.0190. The van der Waals surface area contributed by atoms with Gasteiger partial charge in [0.15, 0.2) is 0 Å². The van der Waals surface area contributed by atoms with Gasteiger partial charge in [-0.15, -0.1) is 11.3 Å². The maximum atomic E-state index is 12.2. The summed E-state index contributed by atoms with van der Waals surface area (Å²) in [5, 5.41) is 9.72. The number of hydrogen-bond donors (Lipinski definition) is 1. The van der Waals surface area contributed by atoms with Gasteiger partial charge in [0.2, 0.25) is 0 Å². The number of hydrogen-bond acceptors (Lipinski definition) is 6. The van der Waals surface area contributed by atoms with Crippen LogP contribution in [-0.2, 0) is 6.18 Å². The molecule has 0 atom stereocenters. The van der Waals surface area contributed by atoms with E-state index in [9.17, 15) is 18.0 Å². The first kappa shape index (κ1) is 12.8. The highest BCUT2D eigenvalue weighted by Crippen LogP contribution is 2.32. The monoisotopic (exact) mass is 296 g/mol. The van der Waals surface area contributed by atoms with Gasteiger partial charge in [-0.2, -0.15) is 22.5 Å². The summed E-state index contributed by atoms with van der Waals surface area (Å²) in [6, 6.07) is 1.20. The highest BCUT2D eigenvalue weighted by atomic mass is 32.1. The van der Waals surface area contributed by atoms with Gasteiger partial charge >= 0.3 is 12.1 Å². The van der Waals surface area contributed by atoms with Gasteiger partial charge < -0.3 is 9.84 Å². The summed E-state index contributed by atoms with van der Waals surface area (Å²) in [4.78, 5) is 13.8. The third-order valence-electron chi connectivity index (χ3n) is 1.65. The number of ether oxygens (including phenoxy) is 1. The van der Waals surface area contributed by atoms with E-state index in [-0.39, 0.29) is 15.8 Å². The molecular formula is C8H3F3N2O3S2. The minimum Gasteiger partial charge on any atom is -0.477 e. The molecule has 2 rings (SSSR count). The van der Waals surface area contributed by atoms with Crippen LogP contribution in [0.15, 0.2) is 11.4 Å². The van der Waals surface area contributed by atoms with Gasteiger partial charge in [0, 0.05) is 23.0 Å². The van der Waals surface area contributed by atoms with E-state index < -0.39 is 18.0 Å². The highest BCUT2D eigenvalue weighted by Gasteiger charge is 2.36. The molecule has 2 heterocycles. The fourth-order valence-electron chi connectivity index (χ4n) is 0.951. The molecule has 0 fully saturated rings. The molecule has 0 unspecified atom stereocenters. The molecule has 0 aliphatic rings. The standard InChI is InChI=1S/C8H3F3N2O3S2/c9-8(10,11)6-12-7(18-13-6)16-3-1-4(5(14)15)17-2-3/h1-2H,(H,14,15). The SMILES string of the molecule is O=C(O)c1cc(Oc2nc(C(F)(F)F)ns2)cs1. The van der Waals surface area contributed by atoms with Gasteiger partial charge in [0.25, 0.3) is 11.0 Å². The molecular weight excluding hydrogens is 293 g/mol. The van der Waals surface area contributed by atoms with Crippen molar-refractivity contribution in [2.45, 2.75) is 6.18 Å². The lowest BCUT2D eigenvalue weighted by Crippen LogP contribution is -2.06. The van der Waals surface area contributed by atoms with Gasteiger partial charge in [-0.1, -0.05) is 0 Å². The fraction of sp³-hybridized carbons (Fsp3) is 0.125. The molecule has 5 nitrogen and oxygen atoms in total. The smallest absolute Gasteiger partial charge is 0.452 e. The summed E-state index contributed by atoms with van der Waals surface area (Å²) < 4.78 is 44.7. The second-order valence-corrected chi connectivity index (χ2v) is 4.56. The molecule has 0 aliphatic carbocycles. The Morgan fingerprint density at radius 3 is 2.67 bits per heavy atom.